The normalized spacial score (nSPS) is 10.5. The molecule has 0 aromatic heterocycles. The van der Waals surface area contributed by atoms with Gasteiger partial charge < -0.3 is 4.74 Å². The average Bonchev–Trinajstić information content (AvgIpc) is 2.45. The van der Waals surface area contributed by atoms with Gasteiger partial charge in [0, 0.05) is 12.6 Å². The second kappa shape index (κ2) is 5.67. The second-order valence-electron chi connectivity index (χ2n) is 3.96. The topological polar surface area (TPSA) is 38.8 Å². The van der Waals surface area contributed by atoms with Gasteiger partial charge in [0.1, 0.15) is 5.75 Å². The largest absolute Gasteiger partial charge is 0.463 e. The standard InChI is InChI=1S/C14H14FNO3/c1-16(18-2)14(17)12-4-3-11-8-13(19-9-15)6-5-10(11)7-12/h3-8H,9H2,1-2H3. The van der Waals surface area contributed by atoms with Gasteiger partial charge >= 0.3 is 0 Å². The molecule has 0 radical (unpaired) electrons. The van der Waals surface area contributed by atoms with Crippen molar-refractivity contribution in [1.82, 2.24) is 5.06 Å². The number of carbonyl (C=O) groups excluding carboxylic acids is 1. The summed E-state index contributed by atoms with van der Waals surface area (Å²) in [6, 6.07) is 10.4. The van der Waals surface area contributed by atoms with Crippen LogP contribution in [0.5, 0.6) is 5.75 Å². The summed E-state index contributed by atoms with van der Waals surface area (Å²) >= 11 is 0. The van der Waals surface area contributed by atoms with E-state index >= 15 is 0 Å². The average molecular weight is 263 g/mol. The van der Waals surface area contributed by atoms with Gasteiger partial charge in [-0.3, -0.25) is 9.63 Å². The summed E-state index contributed by atoms with van der Waals surface area (Å²) in [5, 5.41) is 2.91. The van der Waals surface area contributed by atoms with Gasteiger partial charge in [-0.2, -0.15) is 0 Å². The monoisotopic (exact) mass is 263 g/mol. The van der Waals surface area contributed by atoms with Crippen LogP contribution in [0.1, 0.15) is 10.4 Å². The van der Waals surface area contributed by atoms with Crippen LogP contribution >= 0.6 is 0 Å². The van der Waals surface area contributed by atoms with Crippen molar-refractivity contribution in [1.29, 1.82) is 0 Å². The van der Waals surface area contributed by atoms with Gasteiger partial charge in [0.25, 0.3) is 5.91 Å². The fourth-order valence-electron chi connectivity index (χ4n) is 1.77. The first-order valence-corrected chi connectivity index (χ1v) is 5.70. The van der Waals surface area contributed by atoms with Crippen molar-refractivity contribution in [3.8, 4) is 5.75 Å². The number of ether oxygens (including phenoxy) is 1. The van der Waals surface area contributed by atoms with Crippen LogP contribution in [-0.4, -0.2) is 32.0 Å². The van der Waals surface area contributed by atoms with Crippen LogP contribution in [0, 0.1) is 0 Å². The van der Waals surface area contributed by atoms with E-state index in [2.05, 4.69) is 0 Å². The Bertz CT molecular complexity index is 600. The summed E-state index contributed by atoms with van der Waals surface area (Å²) in [5.41, 5.74) is 0.524. The number of hydroxylamine groups is 2. The molecule has 0 atom stereocenters. The summed E-state index contributed by atoms with van der Waals surface area (Å²) in [5.74, 6) is 0.233. The van der Waals surface area contributed by atoms with E-state index in [0.717, 1.165) is 15.8 Å². The molecule has 0 heterocycles. The van der Waals surface area contributed by atoms with Crippen molar-refractivity contribution < 1.29 is 18.8 Å². The zero-order chi connectivity index (χ0) is 13.8. The van der Waals surface area contributed by atoms with Crippen LogP contribution in [0.25, 0.3) is 10.8 Å². The van der Waals surface area contributed by atoms with Crippen LogP contribution in [-0.2, 0) is 4.84 Å². The molecule has 0 bridgehead atoms. The molecule has 0 spiro atoms. The first kappa shape index (κ1) is 13.3. The fraction of sp³-hybridized carbons (Fsp3) is 0.214. The van der Waals surface area contributed by atoms with E-state index in [-0.39, 0.29) is 5.91 Å². The Balaban J connectivity index is 2.36. The minimum atomic E-state index is -0.860. The molecule has 0 aliphatic rings. The highest BCUT2D eigenvalue weighted by Crippen LogP contribution is 2.22. The number of nitrogens with zero attached hydrogens (tertiary/aromatic N) is 1. The highest BCUT2D eigenvalue weighted by atomic mass is 19.1. The van der Waals surface area contributed by atoms with Crippen molar-refractivity contribution in [2.45, 2.75) is 0 Å². The molecular formula is C14H14FNO3. The van der Waals surface area contributed by atoms with Crippen molar-refractivity contribution in [3.63, 3.8) is 0 Å². The molecule has 19 heavy (non-hydrogen) atoms. The van der Waals surface area contributed by atoms with Gasteiger partial charge in [-0.05, 0) is 35.0 Å². The second-order valence-corrected chi connectivity index (χ2v) is 3.96. The molecule has 4 nitrogen and oxygen atoms in total. The minimum Gasteiger partial charge on any atom is -0.463 e. The molecule has 0 N–H and O–H groups in total. The number of fused-ring (bicyclic) bond motifs is 1. The van der Waals surface area contributed by atoms with Gasteiger partial charge in [-0.25, -0.2) is 9.45 Å². The molecule has 2 rings (SSSR count). The zero-order valence-corrected chi connectivity index (χ0v) is 10.7. The Hall–Kier alpha value is -2.14. The molecule has 0 saturated carbocycles. The van der Waals surface area contributed by atoms with Gasteiger partial charge in [-0.15, -0.1) is 0 Å². The number of hydrogen-bond acceptors (Lipinski definition) is 3. The van der Waals surface area contributed by atoms with E-state index in [9.17, 15) is 9.18 Å². The molecule has 0 saturated heterocycles. The lowest BCUT2D eigenvalue weighted by atomic mass is 10.1. The van der Waals surface area contributed by atoms with E-state index in [1.165, 1.54) is 7.11 Å². The van der Waals surface area contributed by atoms with Crippen molar-refractivity contribution in [2.24, 2.45) is 0 Å². The summed E-state index contributed by atoms with van der Waals surface area (Å²) in [7, 11) is 2.98. The van der Waals surface area contributed by atoms with E-state index in [0.29, 0.717) is 11.3 Å². The molecule has 0 unspecified atom stereocenters. The number of carbonyl (C=O) groups is 1. The quantitative estimate of drug-likeness (QED) is 0.796. The highest BCUT2D eigenvalue weighted by Gasteiger charge is 2.11. The van der Waals surface area contributed by atoms with Crippen LogP contribution in [0.15, 0.2) is 36.4 Å². The summed E-state index contributed by atoms with van der Waals surface area (Å²) in [4.78, 5) is 16.8. The molecule has 100 valence electrons. The Kier molecular flexibility index (Phi) is 3.97. The lowest BCUT2D eigenvalue weighted by molar-refractivity contribution is -0.0756. The van der Waals surface area contributed by atoms with E-state index < -0.39 is 6.86 Å². The third-order valence-corrected chi connectivity index (χ3v) is 2.84. The maximum atomic E-state index is 12.1. The van der Waals surface area contributed by atoms with E-state index in [4.69, 9.17) is 9.57 Å². The number of rotatable bonds is 4. The number of amides is 1. The smallest absolute Gasteiger partial charge is 0.277 e. The summed E-state index contributed by atoms with van der Waals surface area (Å²) in [6.45, 7) is -0.860. The third-order valence-electron chi connectivity index (χ3n) is 2.84. The number of halogens is 1. The zero-order valence-electron chi connectivity index (χ0n) is 10.7. The number of benzene rings is 2. The van der Waals surface area contributed by atoms with Crippen molar-refractivity contribution >= 4 is 16.7 Å². The van der Waals surface area contributed by atoms with Gasteiger partial charge in [-0.1, -0.05) is 12.1 Å². The number of alkyl halides is 1. The first-order chi connectivity index (χ1) is 9.15. The van der Waals surface area contributed by atoms with Gasteiger partial charge in [0.15, 0.2) is 0 Å². The Morgan fingerprint density at radius 1 is 1.21 bits per heavy atom. The maximum Gasteiger partial charge on any atom is 0.277 e. The predicted octanol–water partition coefficient (Wildman–Crippen LogP) is 2.78. The molecule has 0 aliphatic heterocycles. The predicted molar refractivity (Wildman–Crippen MR) is 69.7 cm³/mol. The van der Waals surface area contributed by atoms with E-state index in [1.807, 2.05) is 0 Å². The molecule has 0 aliphatic carbocycles. The number of hydrogen-bond donors (Lipinski definition) is 0. The molecule has 0 fully saturated rings. The van der Waals surface area contributed by atoms with E-state index in [1.54, 1.807) is 43.4 Å². The molecule has 2 aromatic carbocycles. The first-order valence-electron chi connectivity index (χ1n) is 5.70. The van der Waals surface area contributed by atoms with Crippen molar-refractivity contribution in [2.75, 3.05) is 21.0 Å². The van der Waals surface area contributed by atoms with Gasteiger partial charge in [0.2, 0.25) is 6.86 Å². The fourth-order valence-corrected chi connectivity index (χ4v) is 1.77. The van der Waals surface area contributed by atoms with Gasteiger partial charge in [0.05, 0.1) is 7.11 Å². The van der Waals surface area contributed by atoms with Crippen LogP contribution < -0.4 is 4.74 Å². The van der Waals surface area contributed by atoms with Crippen molar-refractivity contribution in [3.05, 3.63) is 42.0 Å². The lowest BCUT2D eigenvalue weighted by Gasteiger charge is -2.14. The molecule has 2 aromatic rings. The van der Waals surface area contributed by atoms with Crippen LogP contribution in [0.2, 0.25) is 0 Å². The minimum absolute atomic E-state index is 0.228. The van der Waals surface area contributed by atoms with Crippen LogP contribution in [0.3, 0.4) is 0 Å². The highest BCUT2D eigenvalue weighted by molar-refractivity contribution is 5.98. The molecular weight excluding hydrogens is 249 g/mol. The Morgan fingerprint density at radius 3 is 2.58 bits per heavy atom. The Morgan fingerprint density at radius 2 is 1.89 bits per heavy atom. The molecule has 5 heteroatoms. The SMILES string of the molecule is CON(C)C(=O)c1ccc2cc(OCF)ccc2c1. The van der Waals surface area contributed by atoms with Crippen LogP contribution in [0.4, 0.5) is 4.39 Å². The Labute approximate surface area is 110 Å². The third kappa shape index (κ3) is 2.82. The maximum absolute atomic E-state index is 12.1. The lowest BCUT2D eigenvalue weighted by Crippen LogP contribution is -2.25. The summed E-state index contributed by atoms with van der Waals surface area (Å²) < 4.78 is 16.9. The summed E-state index contributed by atoms with van der Waals surface area (Å²) in [6.07, 6.45) is 0. The molecule has 1 amide bonds.